The van der Waals surface area contributed by atoms with Crippen LogP contribution in [0.25, 0.3) is 5.69 Å². The SMILES string of the molecule is Cc1c(NC(=O)CNc2ccccc2C(=O)Nc2ccccc2)c(=O)n(-c2ccccc2)n1C. The lowest BCUT2D eigenvalue weighted by Crippen LogP contribution is -2.27. The zero-order valence-corrected chi connectivity index (χ0v) is 18.9. The molecule has 4 aromatic rings. The molecule has 0 spiro atoms. The third-order valence-electron chi connectivity index (χ3n) is 5.46. The Morgan fingerprint density at radius 1 is 0.824 bits per heavy atom. The van der Waals surface area contributed by atoms with Crippen molar-refractivity contribution in [2.24, 2.45) is 7.05 Å². The summed E-state index contributed by atoms with van der Waals surface area (Å²) in [5.41, 5.74) is 2.82. The molecular weight excluding hydrogens is 430 g/mol. The summed E-state index contributed by atoms with van der Waals surface area (Å²) in [7, 11) is 1.76. The van der Waals surface area contributed by atoms with Gasteiger partial charge in [-0.2, -0.15) is 0 Å². The number of rotatable bonds is 7. The molecule has 0 aliphatic rings. The van der Waals surface area contributed by atoms with Gasteiger partial charge in [-0.25, -0.2) is 4.68 Å². The van der Waals surface area contributed by atoms with Gasteiger partial charge in [0.05, 0.1) is 23.5 Å². The molecule has 8 heteroatoms. The smallest absolute Gasteiger partial charge is 0.295 e. The standard InChI is InChI=1S/C26H25N5O3/c1-18-24(26(34)31(30(18)2)20-13-7-4-8-14-20)29-23(32)17-27-22-16-10-9-15-21(22)25(33)28-19-11-5-3-6-12-19/h3-16,27H,17H2,1-2H3,(H,28,33)(H,29,32). The van der Waals surface area contributed by atoms with Crippen LogP contribution in [0.1, 0.15) is 16.1 Å². The van der Waals surface area contributed by atoms with Crippen LogP contribution in [0.15, 0.2) is 89.7 Å². The summed E-state index contributed by atoms with van der Waals surface area (Å²) in [6.07, 6.45) is 0. The lowest BCUT2D eigenvalue weighted by Gasteiger charge is -2.12. The number of aromatic nitrogens is 2. The van der Waals surface area contributed by atoms with Crippen LogP contribution < -0.4 is 21.5 Å². The first kappa shape index (κ1) is 22.6. The second-order valence-corrected chi connectivity index (χ2v) is 7.70. The topological polar surface area (TPSA) is 97.2 Å². The first-order valence-electron chi connectivity index (χ1n) is 10.8. The van der Waals surface area contributed by atoms with Crippen LogP contribution in [0.3, 0.4) is 0 Å². The zero-order chi connectivity index (χ0) is 24.1. The maximum absolute atomic E-state index is 13.0. The van der Waals surface area contributed by atoms with E-state index in [0.717, 1.165) is 0 Å². The summed E-state index contributed by atoms with van der Waals surface area (Å²) in [6, 6.07) is 25.3. The Morgan fingerprint density at radius 2 is 1.44 bits per heavy atom. The molecular formula is C26H25N5O3. The van der Waals surface area contributed by atoms with Crippen LogP contribution in [0.2, 0.25) is 0 Å². The van der Waals surface area contributed by atoms with Gasteiger partial charge in [-0.15, -0.1) is 0 Å². The average Bonchev–Trinajstić information content (AvgIpc) is 3.07. The largest absolute Gasteiger partial charge is 0.376 e. The first-order chi connectivity index (χ1) is 16.5. The zero-order valence-electron chi connectivity index (χ0n) is 18.9. The predicted octanol–water partition coefficient (Wildman–Crippen LogP) is 3.79. The minimum absolute atomic E-state index is 0.116. The van der Waals surface area contributed by atoms with Crippen molar-refractivity contribution in [3.63, 3.8) is 0 Å². The fourth-order valence-electron chi connectivity index (χ4n) is 3.63. The maximum Gasteiger partial charge on any atom is 0.295 e. The van der Waals surface area contributed by atoms with Crippen molar-refractivity contribution < 1.29 is 9.59 Å². The number of nitrogens with one attached hydrogen (secondary N) is 3. The van der Waals surface area contributed by atoms with Gasteiger partial charge in [-0.3, -0.25) is 19.1 Å². The summed E-state index contributed by atoms with van der Waals surface area (Å²) in [6.45, 7) is 1.65. The third-order valence-corrected chi connectivity index (χ3v) is 5.46. The lowest BCUT2D eigenvalue weighted by atomic mass is 10.1. The van der Waals surface area contributed by atoms with Crippen LogP contribution in [-0.4, -0.2) is 27.7 Å². The van der Waals surface area contributed by atoms with Crippen molar-refractivity contribution >= 4 is 28.9 Å². The molecule has 34 heavy (non-hydrogen) atoms. The number of anilines is 3. The highest BCUT2D eigenvalue weighted by Gasteiger charge is 2.18. The summed E-state index contributed by atoms with van der Waals surface area (Å²) < 4.78 is 3.20. The van der Waals surface area contributed by atoms with Crippen molar-refractivity contribution in [3.05, 3.63) is 107 Å². The van der Waals surface area contributed by atoms with E-state index in [0.29, 0.717) is 28.3 Å². The normalized spacial score (nSPS) is 10.5. The van der Waals surface area contributed by atoms with Crippen molar-refractivity contribution in [3.8, 4) is 5.69 Å². The maximum atomic E-state index is 13.0. The monoisotopic (exact) mass is 455 g/mol. The molecule has 0 saturated heterocycles. The van der Waals surface area contributed by atoms with E-state index in [9.17, 15) is 14.4 Å². The highest BCUT2D eigenvalue weighted by Crippen LogP contribution is 2.18. The lowest BCUT2D eigenvalue weighted by molar-refractivity contribution is -0.114. The van der Waals surface area contributed by atoms with E-state index in [2.05, 4.69) is 16.0 Å². The van der Waals surface area contributed by atoms with Gasteiger partial charge in [0.25, 0.3) is 11.5 Å². The average molecular weight is 456 g/mol. The summed E-state index contributed by atoms with van der Waals surface area (Å²) in [5, 5.41) is 8.55. The number of hydrogen-bond donors (Lipinski definition) is 3. The molecule has 0 bridgehead atoms. The molecule has 1 heterocycles. The van der Waals surface area contributed by atoms with Crippen molar-refractivity contribution in [1.29, 1.82) is 0 Å². The van der Waals surface area contributed by atoms with E-state index in [1.165, 1.54) is 4.68 Å². The molecule has 0 aliphatic heterocycles. The van der Waals surface area contributed by atoms with Crippen LogP contribution in [-0.2, 0) is 11.8 Å². The number of nitrogens with zero attached hydrogens (tertiary/aromatic N) is 2. The second kappa shape index (κ2) is 9.91. The molecule has 0 atom stereocenters. The minimum Gasteiger partial charge on any atom is -0.376 e. The quantitative estimate of drug-likeness (QED) is 0.395. The third kappa shape index (κ3) is 4.75. The minimum atomic E-state index is -0.399. The van der Waals surface area contributed by atoms with E-state index in [1.54, 1.807) is 55.1 Å². The van der Waals surface area contributed by atoms with E-state index in [4.69, 9.17) is 0 Å². The Labute approximate surface area is 196 Å². The Bertz CT molecular complexity index is 1370. The fourth-order valence-corrected chi connectivity index (χ4v) is 3.63. The summed E-state index contributed by atoms with van der Waals surface area (Å²) in [5.74, 6) is -0.691. The van der Waals surface area contributed by atoms with E-state index >= 15 is 0 Å². The molecule has 0 aliphatic carbocycles. The van der Waals surface area contributed by atoms with E-state index < -0.39 is 5.91 Å². The first-order valence-corrected chi connectivity index (χ1v) is 10.8. The second-order valence-electron chi connectivity index (χ2n) is 7.70. The molecule has 0 fully saturated rings. The van der Waals surface area contributed by atoms with Gasteiger partial charge >= 0.3 is 0 Å². The molecule has 172 valence electrons. The van der Waals surface area contributed by atoms with Crippen LogP contribution in [0, 0.1) is 6.92 Å². The number of carbonyl (C=O) groups excluding carboxylic acids is 2. The van der Waals surface area contributed by atoms with Crippen LogP contribution in [0.5, 0.6) is 0 Å². The van der Waals surface area contributed by atoms with Gasteiger partial charge in [0.15, 0.2) is 0 Å². The van der Waals surface area contributed by atoms with E-state index in [-0.39, 0.29) is 23.7 Å². The number of hydrogen-bond acceptors (Lipinski definition) is 4. The van der Waals surface area contributed by atoms with Crippen molar-refractivity contribution in [2.75, 3.05) is 22.5 Å². The molecule has 1 aromatic heterocycles. The Morgan fingerprint density at radius 3 is 2.15 bits per heavy atom. The number of carbonyl (C=O) groups is 2. The van der Waals surface area contributed by atoms with Gasteiger partial charge < -0.3 is 16.0 Å². The number of para-hydroxylation sites is 3. The van der Waals surface area contributed by atoms with Gasteiger partial charge in [0.2, 0.25) is 5.91 Å². The molecule has 0 unspecified atom stereocenters. The van der Waals surface area contributed by atoms with Crippen molar-refractivity contribution in [2.45, 2.75) is 6.92 Å². The summed E-state index contributed by atoms with van der Waals surface area (Å²) >= 11 is 0. The van der Waals surface area contributed by atoms with Gasteiger partial charge in [0, 0.05) is 18.4 Å². The number of benzene rings is 3. The molecule has 0 saturated carbocycles. The predicted molar refractivity (Wildman–Crippen MR) is 134 cm³/mol. The van der Waals surface area contributed by atoms with Crippen molar-refractivity contribution in [1.82, 2.24) is 9.36 Å². The number of amides is 2. The van der Waals surface area contributed by atoms with Gasteiger partial charge in [-0.1, -0.05) is 48.5 Å². The van der Waals surface area contributed by atoms with E-state index in [1.807, 2.05) is 48.5 Å². The molecule has 4 rings (SSSR count). The molecule has 8 nitrogen and oxygen atoms in total. The molecule has 2 amide bonds. The highest BCUT2D eigenvalue weighted by atomic mass is 16.2. The Hall–Kier alpha value is -4.59. The molecule has 0 radical (unpaired) electrons. The fraction of sp³-hybridized carbons (Fsp3) is 0.115. The Balaban J connectivity index is 1.47. The van der Waals surface area contributed by atoms with Gasteiger partial charge in [0.1, 0.15) is 5.69 Å². The molecule has 3 N–H and O–H groups in total. The molecule has 3 aromatic carbocycles. The van der Waals surface area contributed by atoms with Crippen LogP contribution >= 0.6 is 0 Å². The summed E-state index contributed by atoms with van der Waals surface area (Å²) in [4.78, 5) is 38.4. The van der Waals surface area contributed by atoms with Crippen LogP contribution in [0.4, 0.5) is 17.1 Å². The Kier molecular flexibility index (Phi) is 6.59. The highest BCUT2D eigenvalue weighted by molar-refractivity contribution is 6.08. The van der Waals surface area contributed by atoms with Gasteiger partial charge in [-0.05, 0) is 43.3 Å².